The van der Waals surface area contributed by atoms with Gasteiger partial charge in [0.25, 0.3) is 0 Å². The molecule has 0 fully saturated rings. The van der Waals surface area contributed by atoms with Gasteiger partial charge in [-0.05, 0) is 19.1 Å². The Morgan fingerprint density at radius 3 is 2.17 bits per heavy atom. The van der Waals surface area contributed by atoms with Gasteiger partial charge in [0.2, 0.25) is 0 Å². The molecule has 3 nitrogen and oxygen atoms in total. The molecular formula is C15H16O3. The quantitative estimate of drug-likeness (QED) is 0.843. The van der Waals surface area contributed by atoms with Gasteiger partial charge in [-0.15, -0.1) is 0 Å². The van der Waals surface area contributed by atoms with Crippen LogP contribution in [0, 0.1) is 0 Å². The minimum Gasteiger partial charge on any atom is -0.504 e. The van der Waals surface area contributed by atoms with Crippen LogP contribution in [-0.2, 0) is 0 Å². The predicted octanol–water partition coefficient (Wildman–Crippen LogP) is 3.29. The first-order valence-corrected chi connectivity index (χ1v) is 5.69. The first-order valence-electron chi connectivity index (χ1n) is 5.69. The van der Waals surface area contributed by atoms with Crippen LogP contribution in [0.5, 0.6) is 11.5 Å². The number of benzene rings is 2. The van der Waals surface area contributed by atoms with Crippen molar-refractivity contribution >= 4 is 6.29 Å². The summed E-state index contributed by atoms with van der Waals surface area (Å²) in [4.78, 5) is 10.0. The topological polar surface area (TPSA) is 46.5 Å². The fourth-order valence-electron chi connectivity index (χ4n) is 1.27. The molecule has 2 aromatic rings. The van der Waals surface area contributed by atoms with E-state index in [-0.39, 0.29) is 5.75 Å². The third-order valence-electron chi connectivity index (χ3n) is 2.10. The smallest absolute Gasteiger partial charge is 0.160 e. The minimum atomic E-state index is 0.198. The van der Waals surface area contributed by atoms with Crippen LogP contribution in [0.4, 0.5) is 0 Å². The first kappa shape index (κ1) is 13.8. The molecule has 2 aromatic carbocycles. The van der Waals surface area contributed by atoms with Crippen molar-refractivity contribution in [2.45, 2.75) is 6.92 Å². The molecule has 18 heavy (non-hydrogen) atoms. The van der Waals surface area contributed by atoms with Crippen LogP contribution < -0.4 is 4.74 Å². The Kier molecular flexibility index (Phi) is 6.04. The number of para-hydroxylation sites is 2. The zero-order chi connectivity index (χ0) is 13.2. The highest BCUT2D eigenvalue weighted by Gasteiger charge is 1.96. The van der Waals surface area contributed by atoms with E-state index in [1.165, 1.54) is 0 Å². The molecule has 0 bridgehead atoms. The Morgan fingerprint density at radius 2 is 1.67 bits per heavy atom. The van der Waals surface area contributed by atoms with Gasteiger partial charge < -0.3 is 9.84 Å². The lowest BCUT2D eigenvalue weighted by Crippen LogP contribution is -1.90. The molecule has 0 aromatic heterocycles. The van der Waals surface area contributed by atoms with Gasteiger partial charge in [0, 0.05) is 5.56 Å². The third-order valence-corrected chi connectivity index (χ3v) is 2.10. The highest BCUT2D eigenvalue weighted by atomic mass is 16.5. The maximum atomic E-state index is 10.0. The number of hydrogen-bond acceptors (Lipinski definition) is 3. The van der Waals surface area contributed by atoms with Crippen LogP contribution in [0.25, 0.3) is 0 Å². The second-order valence-electron chi connectivity index (χ2n) is 3.43. The normalized spacial score (nSPS) is 8.94. The lowest BCUT2D eigenvalue weighted by Gasteiger charge is -2.02. The van der Waals surface area contributed by atoms with Crippen LogP contribution in [-0.4, -0.2) is 18.0 Å². The number of hydrogen-bond donors (Lipinski definition) is 1. The van der Waals surface area contributed by atoms with E-state index < -0.39 is 0 Å². The van der Waals surface area contributed by atoms with Gasteiger partial charge >= 0.3 is 0 Å². The molecule has 0 saturated carbocycles. The predicted molar refractivity (Wildman–Crippen MR) is 71.1 cm³/mol. The lowest BCUT2D eigenvalue weighted by atomic mass is 10.2. The van der Waals surface area contributed by atoms with Crippen LogP contribution in [0.2, 0.25) is 0 Å². The molecule has 3 heteroatoms. The minimum absolute atomic E-state index is 0.198. The zero-order valence-corrected chi connectivity index (χ0v) is 10.2. The van der Waals surface area contributed by atoms with Crippen molar-refractivity contribution < 1.29 is 14.6 Å². The Labute approximate surface area is 107 Å². The Hall–Kier alpha value is -2.29. The van der Waals surface area contributed by atoms with Gasteiger partial charge in [0.05, 0.1) is 6.61 Å². The van der Waals surface area contributed by atoms with Gasteiger partial charge in [-0.3, -0.25) is 4.79 Å². The van der Waals surface area contributed by atoms with Gasteiger partial charge in [-0.25, -0.2) is 0 Å². The van der Waals surface area contributed by atoms with Crippen molar-refractivity contribution in [1.82, 2.24) is 0 Å². The van der Waals surface area contributed by atoms with Gasteiger partial charge in [0.1, 0.15) is 6.29 Å². The summed E-state index contributed by atoms with van der Waals surface area (Å²) in [7, 11) is 0. The summed E-state index contributed by atoms with van der Waals surface area (Å²) in [6.45, 7) is 2.46. The van der Waals surface area contributed by atoms with Crippen molar-refractivity contribution in [3.8, 4) is 11.5 Å². The molecule has 0 unspecified atom stereocenters. The monoisotopic (exact) mass is 244 g/mol. The van der Waals surface area contributed by atoms with Crippen LogP contribution >= 0.6 is 0 Å². The fraction of sp³-hybridized carbons (Fsp3) is 0.133. The van der Waals surface area contributed by atoms with E-state index in [0.717, 1.165) is 11.8 Å². The highest BCUT2D eigenvalue weighted by molar-refractivity contribution is 5.74. The van der Waals surface area contributed by atoms with Gasteiger partial charge in [0.15, 0.2) is 11.5 Å². The average molecular weight is 244 g/mol. The number of aromatic hydroxyl groups is 1. The summed E-state index contributed by atoms with van der Waals surface area (Å²) >= 11 is 0. The third kappa shape index (κ3) is 4.70. The molecular weight excluding hydrogens is 228 g/mol. The molecule has 94 valence electrons. The van der Waals surface area contributed by atoms with Crippen molar-refractivity contribution in [3.63, 3.8) is 0 Å². The number of aldehydes is 1. The second kappa shape index (κ2) is 7.90. The molecule has 0 aliphatic carbocycles. The summed E-state index contributed by atoms with van der Waals surface area (Å²) in [6, 6.07) is 16.0. The van der Waals surface area contributed by atoms with Crippen molar-refractivity contribution in [1.29, 1.82) is 0 Å². The molecule has 0 spiro atoms. The Bertz CT molecular complexity index is 466. The van der Waals surface area contributed by atoms with Crippen LogP contribution in [0.1, 0.15) is 17.3 Å². The Morgan fingerprint density at radius 1 is 1.06 bits per heavy atom. The summed E-state index contributed by atoms with van der Waals surface area (Å²) < 4.78 is 5.09. The molecule has 0 amide bonds. The highest BCUT2D eigenvalue weighted by Crippen LogP contribution is 2.23. The molecule has 2 rings (SSSR count). The zero-order valence-electron chi connectivity index (χ0n) is 10.2. The molecule has 0 saturated heterocycles. The number of phenolic OH excluding ortho intramolecular Hbond substituents is 1. The maximum Gasteiger partial charge on any atom is 0.160 e. The van der Waals surface area contributed by atoms with E-state index in [1.54, 1.807) is 30.3 Å². The van der Waals surface area contributed by atoms with E-state index in [0.29, 0.717) is 12.4 Å². The average Bonchev–Trinajstić information content (AvgIpc) is 2.43. The number of phenols is 1. The molecule has 0 aliphatic rings. The summed E-state index contributed by atoms with van der Waals surface area (Å²) in [5.41, 5.74) is 0.729. The Balaban J connectivity index is 0.000000184. The number of ether oxygens (including phenoxy) is 1. The lowest BCUT2D eigenvalue weighted by molar-refractivity contribution is 0.112. The van der Waals surface area contributed by atoms with E-state index in [1.807, 2.05) is 31.2 Å². The number of rotatable bonds is 3. The van der Waals surface area contributed by atoms with Crippen LogP contribution in [0.15, 0.2) is 54.6 Å². The number of carbonyl (C=O) groups excluding carboxylic acids is 1. The molecule has 0 atom stereocenters. The molecule has 0 heterocycles. The standard InChI is InChI=1S/C8H10O2.C7H6O/c1-2-10-8-6-4-3-5-7(8)9;8-6-7-4-2-1-3-5-7/h3-6,9H,2H2,1H3;1-6H. The molecule has 1 N–H and O–H groups in total. The van der Waals surface area contributed by atoms with E-state index >= 15 is 0 Å². The first-order chi connectivity index (χ1) is 8.77. The summed E-state index contributed by atoms with van der Waals surface area (Å²) in [5, 5.41) is 9.12. The molecule has 0 radical (unpaired) electrons. The van der Waals surface area contributed by atoms with Gasteiger partial charge in [-0.2, -0.15) is 0 Å². The summed E-state index contributed by atoms with van der Waals surface area (Å²) in [5.74, 6) is 0.745. The van der Waals surface area contributed by atoms with Crippen LogP contribution in [0.3, 0.4) is 0 Å². The van der Waals surface area contributed by atoms with E-state index in [9.17, 15) is 4.79 Å². The fourth-order valence-corrected chi connectivity index (χ4v) is 1.27. The summed E-state index contributed by atoms with van der Waals surface area (Å²) in [6.07, 6.45) is 0.833. The van der Waals surface area contributed by atoms with Crippen molar-refractivity contribution in [3.05, 3.63) is 60.2 Å². The van der Waals surface area contributed by atoms with Gasteiger partial charge in [-0.1, -0.05) is 42.5 Å². The van der Waals surface area contributed by atoms with E-state index in [2.05, 4.69) is 0 Å². The van der Waals surface area contributed by atoms with E-state index in [4.69, 9.17) is 9.84 Å². The van der Waals surface area contributed by atoms with Crippen molar-refractivity contribution in [2.24, 2.45) is 0 Å². The largest absolute Gasteiger partial charge is 0.504 e. The SMILES string of the molecule is CCOc1ccccc1O.O=Cc1ccccc1. The van der Waals surface area contributed by atoms with Crippen molar-refractivity contribution in [2.75, 3.05) is 6.61 Å². The second-order valence-corrected chi connectivity index (χ2v) is 3.43. The maximum absolute atomic E-state index is 10.0. The molecule has 0 aliphatic heterocycles. The number of carbonyl (C=O) groups is 1.